The van der Waals surface area contributed by atoms with Gasteiger partial charge in [-0.3, -0.25) is 9.89 Å². The Kier molecular flexibility index (Phi) is 5.45. The first-order valence-electron chi connectivity index (χ1n) is 7.48. The molecule has 0 radical (unpaired) electrons. The van der Waals surface area contributed by atoms with Crippen molar-refractivity contribution in [3.63, 3.8) is 0 Å². The van der Waals surface area contributed by atoms with E-state index in [-0.39, 0.29) is 0 Å². The maximum absolute atomic E-state index is 5.60. The summed E-state index contributed by atoms with van der Waals surface area (Å²) < 4.78 is 5.60. The first-order chi connectivity index (χ1) is 9.20. The molecule has 2 rings (SSSR count). The summed E-state index contributed by atoms with van der Waals surface area (Å²) >= 11 is 0. The molecular weight excluding hydrogens is 240 g/mol. The lowest BCUT2D eigenvalue weighted by Gasteiger charge is -2.25. The van der Waals surface area contributed by atoms with Gasteiger partial charge in [0.1, 0.15) is 0 Å². The van der Waals surface area contributed by atoms with E-state index in [0.717, 1.165) is 38.1 Å². The molecule has 1 saturated heterocycles. The molecule has 0 aromatic carbocycles. The Hall–Kier alpha value is -0.810. The van der Waals surface area contributed by atoms with E-state index in [1.807, 2.05) is 7.05 Å². The van der Waals surface area contributed by atoms with Crippen LogP contribution in [-0.2, 0) is 4.74 Å². The Balaban J connectivity index is 1.63. The molecule has 2 unspecified atom stereocenters. The van der Waals surface area contributed by atoms with Gasteiger partial charge in [-0.15, -0.1) is 0 Å². The van der Waals surface area contributed by atoms with Gasteiger partial charge in [-0.1, -0.05) is 0 Å². The van der Waals surface area contributed by atoms with E-state index in [1.165, 1.54) is 19.3 Å². The molecule has 5 nitrogen and oxygen atoms in total. The van der Waals surface area contributed by atoms with Crippen LogP contribution >= 0.6 is 0 Å². The zero-order valence-electron chi connectivity index (χ0n) is 12.5. The van der Waals surface area contributed by atoms with E-state index in [1.54, 1.807) is 0 Å². The minimum atomic E-state index is 0.352. The van der Waals surface area contributed by atoms with Crippen LogP contribution in [0.1, 0.15) is 32.6 Å². The zero-order valence-corrected chi connectivity index (χ0v) is 12.5. The molecule has 5 heteroatoms. The molecule has 2 aliphatic rings. The highest BCUT2D eigenvalue weighted by Gasteiger charge is 2.29. The van der Waals surface area contributed by atoms with Crippen molar-refractivity contribution in [2.75, 3.05) is 33.8 Å². The third kappa shape index (κ3) is 4.66. The van der Waals surface area contributed by atoms with Crippen LogP contribution in [0.5, 0.6) is 0 Å². The van der Waals surface area contributed by atoms with Gasteiger partial charge in [-0.05, 0) is 39.7 Å². The largest absolute Gasteiger partial charge is 0.376 e. The van der Waals surface area contributed by atoms with Crippen LogP contribution in [0.2, 0.25) is 0 Å². The van der Waals surface area contributed by atoms with Gasteiger partial charge in [0.05, 0.1) is 6.10 Å². The van der Waals surface area contributed by atoms with Gasteiger partial charge in [-0.2, -0.15) is 0 Å². The molecule has 1 aliphatic carbocycles. The smallest absolute Gasteiger partial charge is 0.191 e. The van der Waals surface area contributed by atoms with Crippen molar-refractivity contribution in [1.82, 2.24) is 15.5 Å². The lowest BCUT2D eigenvalue weighted by Crippen LogP contribution is -2.46. The minimum Gasteiger partial charge on any atom is -0.376 e. The van der Waals surface area contributed by atoms with Gasteiger partial charge in [0.2, 0.25) is 0 Å². The number of likely N-dealkylation sites (N-methyl/N-ethyl adjacent to an activating group) is 1. The van der Waals surface area contributed by atoms with Crippen molar-refractivity contribution >= 4 is 5.96 Å². The highest BCUT2D eigenvalue weighted by molar-refractivity contribution is 5.79. The summed E-state index contributed by atoms with van der Waals surface area (Å²) in [7, 11) is 4.03. The second kappa shape index (κ2) is 7.10. The lowest BCUT2D eigenvalue weighted by atomic mass is 10.2. The van der Waals surface area contributed by atoms with Crippen molar-refractivity contribution in [3.05, 3.63) is 0 Å². The molecule has 0 bridgehead atoms. The summed E-state index contributed by atoms with van der Waals surface area (Å²) in [4.78, 5) is 6.72. The number of nitrogens with zero attached hydrogens (tertiary/aromatic N) is 2. The van der Waals surface area contributed by atoms with Crippen molar-refractivity contribution in [3.8, 4) is 0 Å². The van der Waals surface area contributed by atoms with Crippen LogP contribution in [0.25, 0.3) is 0 Å². The summed E-state index contributed by atoms with van der Waals surface area (Å²) in [5.41, 5.74) is 0. The molecule has 0 amide bonds. The summed E-state index contributed by atoms with van der Waals surface area (Å²) in [6, 6.07) is 1.34. The van der Waals surface area contributed by atoms with Gasteiger partial charge in [0, 0.05) is 38.8 Å². The Bertz CT molecular complexity index is 298. The Morgan fingerprint density at radius 3 is 2.74 bits per heavy atom. The second-order valence-corrected chi connectivity index (χ2v) is 5.71. The molecule has 1 aliphatic heterocycles. The minimum absolute atomic E-state index is 0.352. The van der Waals surface area contributed by atoms with E-state index in [2.05, 4.69) is 34.5 Å². The number of ether oxygens (including phenoxy) is 1. The lowest BCUT2D eigenvalue weighted by molar-refractivity contribution is 0.113. The fourth-order valence-electron chi connectivity index (χ4n) is 2.47. The molecule has 2 N–H and O–H groups in total. The topological polar surface area (TPSA) is 48.9 Å². The predicted octanol–water partition coefficient (Wildman–Crippen LogP) is 0.813. The summed E-state index contributed by atoms with van der Waals surface area (Å²) in [6.45, 7) is 4.95. The van der Waals surface area contributed by atoms with Crippen LogP contribution in [0.3, 0.4) is 0 Å². The quantitative estimate of drug-likeness (QED) is 0.553. The van der Waals surface area contributed by atoms with E-state index in [0.29, 0.717) is 12.1 Å². The van der Waals surface area contributed by atoms with Gasteiger partial charge in [-0.25, -0.2) is 0 Å². The molecule has 19 heavy (non-hydrogen) atoms. The van der Waals surface area contributed by atoms with Gasteiger partial charge in [0.15, 0.2) is 5.96 Å². The predicted molar refractivity (Wildman–Crippen MR) is 78.6 cm³/mol. The van der Waals surface area contributed by atoms with E-state index < -0.39 is 0 Å². The highest BCUT2D eigenvalue weighted by atomic mass is 16.5. The number of hydrogen-bond acceptors (Lipinski definition) is 3. The fourth-order valence-corrected chi connectivity index (χ4v) is 2.47. The molecule has 0 aromatic heterocycles. The van der Waals surface area contributed by atoms with Crippen molar-refractivity contribution in [2.45, 2.75) is 50.8 Å². The van der Waals surface area contributed by atoms with Crippen molar-refractivity contribution < 1.29 is 4.74 Å². The normalized spacial score (nSPS) is 25.7. The van der Waals surface area contributed by atoms with Crippen LogP contribution in [-0.4, -0.2) is 62.8 Å². The Morgan fingerprint density at radius 2 is 2.16 bits per heavy atom. The second-order valence-electron chi connectivity index (χ2n) is 5.71. The first kappa shape index (κ1) is 14.6. The van der Waals surface area contributed by atoms with Gasteiger partial charge < -0.3 is 15.4 Å². The number of nitrogens with one attached hydrogen (secondary N) is 2. The van der Waals surface area contributed by atoms with Gasteiger partial charge in [0.25, 0.3) is 0 Å². The molecule has 0 aromatic rings. The first-order valence-corrected chi connectivity index (χ1v) is 7.48. The maximum atomic E-state index is 5.60. The van der Waals surface area contributed by atoms with Gasteiger partial charge >= 0.3 is 0 Å². The fraction of sp³-hybridized carbons (Fsp3) is 0.929. The maximum Gasteiger partial charge on any atom is 0.191 e. The average Bonchev–Trinajstić information content (AvgIpc) is 3.15. The molecule has 1 saturated carbocycles. The highest BCUT2D eigenvalue weighted by Crippen LogP contribution is 2.26. The monoisotopic (exact) mass is 268 g/mol. The standard InChI is InChI=1S/C14H28N4O/c1-11(18(3)12-6-7-12)9-16-14(15-2)17-10-13-5-4-8-19-13/h11-13H,4-10H2,1-3H3,(H2,15,16,17). The summed E-state index contributed by atoms with van der Waals surface area (Å²) in [5.74, 6) is 0.881. The SMILES string of the molecule is CN=C(NCC1CCCO1)NCC(C)N(C)C1CC1. The van der Waals surface area contributed by atoms with E-state index in [9.17, 15) is 0 Å². The summed E-state index contributed by atoms with van der Waals surface area (Å²) in [6.07, 6.45) is 5.40. The number of hydrogen-bond donors (Lipinski definition) is 2. The summed E-state index contributed by atoms with van der Waals surface area (Å²) in [5, 5.41) is 6.74. The number of guanidine groups is 1. The Labute approximate surface area is 116 Å². The molecule has 0 spiro atoms. The zero-order chi connectivity index (χ0) is 13.7. The molecule has 2 atom stereocenters. The third-order valence-corrected chi connectivity index (χ3v) is 4.13. The number of aliphatic imine (C=N–C) groups is 1. The van der Waals surface area contributed by atoms with Crippen LogP contribution in [0.15, 0.2) is 4.99 Å². The number of rotatable bonds is 6. The third-order valence-electron chi connectivity index (χ3n) is 4.13. The molecule has 1 heterocycles. The van der Waals surface area contributed by atoms with Crippen molar-refractivity contribution in [2.24, 2.45) is 4.99 Å². The van der Waals surface area contributed by atoms with E-state index >= 15 is 0 Å². The van der Waals surface area contributed by atoms with Crippen molar-refractivity contribution in [1.29, 1.82) is 0 Å². The van der Waals surface area contributed by atoms with Crippen LogP contribution in [0, 0.1) is 0 Å². The van der Waals surface area contributed by atoms with Crippen LogP contribution in [0.4, 0.5) is 0 Å². The molecular formula is C14H28N4O. The average molecular weight is 268 g/mol. The van der Waals surface area contributed by atoms with E-state index in [4.69, 9.17) is 4.74 Å². The molecule has 2 fully saturated rings. The Morgan fingerprint density at radius 1 is 1.37 bits per heavy atom. The van der Waals surface area contributed by atoms with Crippen LogP contribution < -0.4 is 10.6 Å². The molecule has 110 valence electrons.